The van der Waals surface area contributed by atoms with Crippen molar-refractivity contribution in [1.29, 1.82) is 0 Å². The molecule has 3 rings (SSSR count). The Balaban J connectivity index is 1.88. The molecule has 10 heteroatoms. The second-order valence-electron chi connectivity index (χ2n) is 7.13. The average Bonchev–Trinajstić information content (AvgIpc) is 3.24. The fourth-order valence-electron chi connectivity index (χ4n) is 3.56. The van der Waals surface area contributed by atoms with Gasteiger partial charge in [-0.1, -0.05) is 12.1 Å². The molecule has 9 nitrogen and oxygen atoms in total. The van der Waals surface area contributed by atoms with Gasteiger partial charge in [-0.2, -0.15) is 0 Å². The average molecular weight is 423 g/mol. The van der Waals surface area contributed by atoms with Gasteiger partial charge in [-0.05, 0) is 43.6 Å². The number of nitrogens with one attached hydrogen (secondary N) is 1. The van der Waals surface area contributed by atoms with Crippen LogP contribution < -0.4 is 20.7 Å². The third-order valence-corrected chi connectivity index (χ3v) is 6.66. The molecule has 1 N–H and O–H groups in total. The van der Waals surface area contributed by atoms with E-state index >= 15 is 0 Å². The van der Waals surface area contributed by atoms with E-state index in [0.29, 0.717) is 0 Å². The van der Waals surface area contributed by atoms with Crippen LogP contribution in [0.5, 0.6) is 5.75 Å². The minimum absolute atomic E-state index is 0.112. The Bertz CT molecular complexity index is 1080. The van der Waals surface area contributed by atoms with Gasteiger partial charge in [-0.25, -0.2) is 17.9 Å². The Morgan fingerprint density at radius 1 is 1.10 bits per heavy atom. The minimum Gasteiger partial charge on any atom is -0.497 e. The number of hydrogen-bond donors (Lipinski definition) is 1. The van der Waals surface area contributed by atoms with Gasteiger partial charge in [-0.3, -0.25) is 14.3 Å². The van der Waals surface area contributed by atoms with Crippen LogP contribution in [0.3, 0.4) is 0 Å². The highest BCUT2D eigenvalue weighted by molar-refractivity contribution is 7.89. The number of ether oxygens (including phenoxy) is 1. The number of benzene rings is 1. The Morgan fingerprint density at radius 2 is 1.72 bits per heavy atom. The van der Waals surface area contributed by atoms with Crippen LogP contribution in [0.2, 0.25) is 0 Å². The summed E-state index contributed by atoms with van der Waals surface area (Å²) in [7, 11) is 0.165. The van der Waals surface area contributed by atoms with E-state index in [1.54, 1.807) is 7.11 Å². The molecule has 0 aliphatic carbocycles. The van der Waals surface area contributed by atoms with Gasteiger partial charge in [0.15, 0.2) is 4.90 Å². The van der Waals surface area contributed by atoms with Crippen molar-refractivity contribution in [3.8, 4) is 5.75 Å². The summed E-state index contributed by atoms with van der Waals surface area (Å²) in [5, 5.41) is 0. The topological polar surface area (TPSA) is 103 Å². The summed E-state index contributed by atoms with van der Waals surface area (Å²) >= 11 is 0. The molecule has 1 aliphatic rings. The fourth-order valence-corrected chi connectivity index (χ4v) is 4.76. The molecule has 0 unspecified atom stereocenters. The normalized spacial score (nSPS) is 16.1. The van der Waals surface area contributed by atoms with Gasteiger partial charge in [0.05, 0.1) is 7.11 Å². The molecule has 2 aromatic rings. The molecule has 0 bridgehead atoms. The molecule has 1 aromatic heterocycles. The van der Waals surface area contributed by atoms with E-state index < -0.39 is 26.2 Å². The van der Waals surface area contributed by atoms with E-state index in [9.17, 15) is 18.0 Å². The predicted molar refractivity (Wildman–Crippen MR) is 109 cm³/mol. The van der Waals surface area contributed by atoms with Gasteiger partial charge in [0.25, 0.3) is 5.56 Å². The standard InChI is InChI=1S/C19H26N4O5S/c1-21-13-17(18(24)22(2)19(21)25)29(26,27)20-12-16(23-10-4-5-11-23)14-6-8-15(28-3)9-7-14/h6-9,13,16,20H,4-5,10-12H2,1-3H3/t16-/m0/s1. The van der Waals surface area contributed by atoms with Crippen LogP contribution in [0.15, 0.2) is 44.9 Å². The van der Waals surface area contributed by atoms with Gasteiger partial charge in [-0.15, -0.1) is 0 Å². The molecular formula is C19H26N4O5S. The molecule has 0 amide bonds. The number of aryl methyl sites for hydroxylation is 1. The van der Waals surface area contributed by atoms with Gasteiger partial charge >= 0.3 is 5.69 Å². The summed E-state index contributed by atoms with van der Waals surface area (Å²) in [6.07, 6.45) is 3.17. The maximum absolute atomic E-state index is 12.8. The van der Waals surface area contributed by atoms with Crippen LogP contribution in [0, 0.1) is 0 Å². The van der Waals surface area contributed by atoms with E-state index in [1.165, 1.54) is 14.1 Å². The van der Waals surface area contributed by atoms with Crippen molar-refractivity contribution >= 4 is 10.0 Å². The molecule has 0 radical (unpaired) electrons. The molecule has 2 heterocycles. The number of nitrogens with zero attached hydrogens (tertiary/aromatic N) is 3. The lowest BCUT2D eigenvalue weighted by Gasteiger charge is -2.28. The van der Waals surface area contributed by atoms with Crippen molar-refractivity contribution in [2.24, 2.45) is 14.1 Å². The molecule has 0 saturated carbocycles. The van der Waals surface area contributed by atoms with Gasteiger partial charge < -0.3 is 9.30 Å². The highest BCUT2D eigenvalue weighted by atomic mass is 32.2. The number of hydrogen-bond acceptors (Lipinski definition) is 6. The summed E-state index contributed by atoms with van der Waals surface area (Å²) in [5.74, 6) is 0.725. The largest absolute Gasteiger partial charge is 0.497 e. The molecule has 1 aromatic carbocycles. The number of likely N-dealkylation sites (tertiary alicyclic amines) is 1. The van der Waals surface area contributed by atoms with E-state index in [2.05, 4.69) is 9.62 Å². The molecular weight excluding hydrogens is 396 g/mol. The Kier molecular flexibility index (Phi) is 6.25. The van der Waals surface area contributed by atoms with Crippen molar-refractivity contribution < 1.29 is 13.2 Å². The van der Waals surface area contributed by atoms with Gasteiger partial charge in [0.2, 0.25) is 10.0 Å². The highest BCUT2D eigenvalue weighted by Gasteiger charge is 2.27. The van der Waals surface area contributed by atoms with Crippen LogP contribution in [0.1, 0.15) is 24.4 Å². The SMILES string of the molecule is COc1ccc([C@H](CNS(=O)(=O)c2cn(C)c(=O)n(C)c2=O)N2CCCC2)cc1. The molecule has 158 valence electrons. The number of rotatable bonds is 7. The second-order valence-corrected chi connectivity index (χ2v) is 8.87. The zero-order valence-electron chi connectivity index (χ0n) is 16.8. The summed E-state index contributed by atoms with van der Waals surface area (Å²) in [5.41, 5.74) is -0.464. The van der Waals surface area contributed by atoms with Crippen molar-refractivity contribution in [3.05, 3.63) is 56.9 Å². The first-order chi connectivity index (χ1) is 13.7. The van der Waals surface area contributed by atoms with Crippen molar-refractivity contribution in [3.63, 3.8) is 0 Å². The Labute approximate surface area is 169 Å². The molecule has 1 fully saturated rings. The summed E-state index contributed by atoms with van der Waals surface area (Å²) in [6.45, 7) is 1.86. The van der Waals surface area contributed by atoms with Crippen LogP contribution in [0.25, 0.3) is 0 Å². The summed E-state index contributed by atoms with van der Waals surface area (Å²) in [6, 6.07) is 7.35. The first-order valence-electron chi connectivity index (χ1n) is 9.39. The Hall–Kier alpha value is -2.43. The van der Waals surface area contributed by atoms with Crippen LogP contribution in [-0.4, -0.2) is 49.2 Å². The maximum atomic E-state index is 12.8. The smallest absolute Gasteiger partial charge is 0.330 e. The lowest BCUT2D eigenvalue weighted by atomic mass is 10.1. The number of methoxy groups -OCH3 is 1. The summed E-state index contributed by atoms with van der Waals surface area (Å²) in [4.78, 5) is 26.0. The minimum atomic E-state index is -4.09. The van der Waals surface area contributed by atoms with E-state index in [4.69, 9.17) is 4.74 Å². The van der Waals surface area contributed by atoms with Gasteiger partial charge in [0, 0.05) is 32.9 Å². The Morgan fingerprint density at radius 3 is 2.31 bits per heavy atom. The first-order valence-corrected chi connectivity index (χ1v) is 10.9. The monoisotopic (exact) mass is 422 g/mol. The molecule has 1 atom stereocenters. The fraction of sp³-hybridized carbons (Fsp3) is 0.474. The third kappa shape index (κ3) is 4.44. The summed E-state index contributed by atoms with van der Waals surface area (Å²) < 4.78 is 35.3. The van der Waals surface area contributed by atoms with Crippen LogP contribution in [0.4, 0.5) is 0 Å². The second kappa shape index (κ2) is 8.52. The molecule has 0 spiro atoms. The highest BCUT2D eigenvalue weighted by Crippen LogP contribution is 2.26. The van der Waals surface area contributed by atoms with Crippen molar-refractivity contribution in [1.82, 2.24) is 18.8 Å². The van der Waals surface area contributed by atoms with E-state index in [-0.39, 0.29) is 12.6 Å². The number of aromatic nitrogens is 2. The van der Waals surface area contributed by atoms with Gasteiger partial charge in [0.1, 0.15) is 5.75 Å². The first kappa shape index (κ1) is 21.3. The quantitative estimate of drug-likeness (QED) is 0.684. The molecule has 1 saturated heterocycles. The lowest BCUT2D eigenvalue weighted by Crippen LogP contribution is -2.43. The molecule has 1 aliphatic heterocycles. The van der Waals surface area contributed by atoms with E-state index in [0.717, 1.165) is 52.6 Å². The third-order valence-electron chi connectivity index (χ3n) is 5.25. The maximum Gasteiger partial charge on any atom is 0.330 e. The van der Waals surface area contributed by atoms with Crippen LogP contribution in [-0.2, 0) is 24.1 Å². The lowest BCUT2D eigenvalue weighted by molar-refractivity contribution is 0.246. The number of sulfonamides is 1. The predicted octanol–water partition coefficient (Wildman–Crippen LogP) is 0.208. The van der Waals surface area contributed by atoms with Crippen LogP contribution >= 0.6 is 0 Å². The van der Waals surface area contributed by atoms with Crippen molar-refractivity contribution in [2.45, 2.75) is 23.8 Å². The van der Waals surface area contributed by atoms with E-state index in [1.807, 2.05) is 24.3 Å². The van der Waals surface area contributed by atoms with Crippen molar-refractivity contribution in [2.75, 3.05) is 26.7 Å². The zero-order chi connectivity index (χ0) is 21.2. The zero-order valence-corrected chi connectivity index (χ0v) is 17.6. The molecule has 29 heavy (non-hydrogen) atoms.